The lowest BCUT2D eigenvalue weighted by Gasteiger charge is -2.38. The summed E-state index contributed by atoms with van der Waals surface area (Å²) in [6, 6.07) is 8.89. The molecular weight excluding hydrogens is 271 g/mol. The van der Waals surface area contributed by atoms with Crippen LogP contribution in [0.4, 0.5) is 4.39 Å². The molecule has 1 atom stereocenters. The van der Waals surface area contributed by atoms with Crippen LogP contribution in [0.15, 0.2) is 41.1 Å². The molecule has 2 aromatic rings. The Hall–Kier alpha value is -1.23. The van der Waals surface area contributed by atoms with Gasteiger partial charge in [-0.3, -0.25) is 4.90 Å². The van der Waals surface area contributed by atoms with E-state index in [1.54, 1.807) is 23.5 Å². The van der Waals surface area contributed by atoms with Gasteiger partial charge in [-0.05, 0) is 60.5 Å². The summed E-state index contributed by atoms with van der Waals surface area (Å²) in [6.45, 7) is 3.51. The van der Waals surface area contributed by atoms with E-state index in [0.717, 1.165) is 18.5 Å². The molecule has 0 aliphatic heterocycles. The van der Waals surface area contributed by atoms with Crippen molar-refractivity contribution in [3.05, 3.63) is 58.0 Å². The second-order valence-corrected chi connectivity index (χ2v) is 6.28. The van der Waals surface area contributed by atoms with Gasteiger partial charge in [0.2, 0.25) is 0 Å². The third-order valence-electron chi connectivity index (χ3n) is 3.84. The summed E-state index contributed by atoms with van der Waals surface area (Å²) in [7, 11) is 2.07. The minimum Gasteiger partial charge on any atom is -0.329 e. The molecule has 2 N–H and O–H groups in total. The predicted octanol–water partition coefficient (Wildman–Crippen LogP) is 3.28. The number of halogens is 1. The van der Waals surface area contributed by atoms with Gasteiger partial charge in [-0.2, -0.15) is 11.3 Å². The van der Waals surface area contributed by atoms with Crippen LogP contribution in [0.3, 0.4) is 0 Å². The van der Waals surface area contributed by atoms with Gasteiger partial charge in [-0.15, -0.1) is 0 Å². The zero-order chi connectivity index (χ0) is 14.6. The van der Waals surface area contributed by atoms with E-state index >= 15 is 0 Å². The molecule has 0 amide bonds. The first-order valence-electron chi connectivity index (χ1n) is 6.70. The van der Waals surface area contributed by atoms with E-state index < -0.39 is 0 Å². The van der Waals surface area contributed by atoms with Crippen molar-refractivity contribution in [3.8, 4) is 0 Å². The first kappa shape index (κ1) is 15.2. The van der Waals surface area contributed by atoms with Crippen LogP contribution in [0.2, 0.25) is 0 Å². The van der Waals surface area contributed by atoms with Gasteiger partial charge >= 0.3 is 0 Å². The minimum absolute atomic E-state index is 0.185. The normalized spacial score (nSPS) is 14.4. The second kappa shape index (κ2) is 6.48. The van der Waals surface area contributed by atoms with Gasteiger partial charge < -0.3 is 5.73 Å². The Bertz CT molecular complexity index is 541. The summed E-state index contributed by atoms with van der Waals surface area (Å²) >= 11 is 1.70. The van der Waals surface area contributed by atoms with Crippen LogP contribution in [0.5, 0.6) is 0 Å². The van der Waals surface area contributed by atoms with E-state index in [9.17, 15) is 4.39 Å². The van der Waals surface area contributed by atoms with Crippen molar-refractivity contribution in [1.82, 2.24) is 4.90 Å². The Labute approximate surface area is 124 Å². The van der Waals surface area contributed by atoms with Gasteiger partial charge in [-0.25, -0.2) is 4.39 Å². The molecule has 0 saturated carbocycles. The molecule has 0 fully saturated rings. The number of nitrogens with zero attached hydrogens (tertiary/aromatic N) is 1. The Morgan fingerprint density at radius 1 is 1.30 bits per heavy atom. The zero-order valence-electron chi connectivity index (χ0n) is 12.0. The van der Waals surface area contributed by atoms with Crippen molar-refractivity contribution in [3.63, 3.8) is 0 Å². The molecule has 4 heteroatoms. The van der Waals surface area contributed by atoms with Crippen LogP contribution in [0, 0.1) is 5.82 Å². The molecule has 2 nitrogen and oxygen atoms in total. The number of likely N-dealkylation sites (N-methyl/N-ethyl adjacent to an activating group) is 1. The summed E-state index contributed by atoms with van der Waals surface area (Å²) in [4.78, 5) is 2.25. The fourth-order valence-electron chi connectivity index (χ4n) is 2.30. The molecule has 1 aromatic heterocycles. The molecule has 1 aromatic carbocycles. The lowest BCUT2D eigenvalue weighted by molar-refractivity contribution is 0.136. The average Bonchev–Trinajstić information content (AvgIpc) is 2.91. The maximum Gasteiger partial charge on any atom is 0.123 e. The van der Waals surface area contributed by atoms with Gasteiger partial charge in [0.05, 0.1) is 0 Å². The van der Waals surface area contributed by atoms with Gasteiger partial charge in [0.1, 0.15) is 5.82 Å². The van der Waals surface area contributed by atoms with Crippen LogP contribution < -0.4 is 5.73 Å². The van der Waals surface area contributed by atoms with Gasteiger partial charge in [-0.1, -0.05) is 12.1 Å². The van der Waals surface area contributed by atoms with Crippen molar-refractivity contribution in [2.45, 2.75) is 25.4 Å². The van der Waals surface area contributed by atoms with Crippen LogP contribution in [0.25, 0.3) is 0 Å². The Balaban J connectivity index is 2.11. The van der Waals surface area contributed by atoms with E-state index in [1.165, 1.54) is 11.6 Å². The minimum atomic E-state index is -0.192. The van der Waals surface area contributed by atoms with Crippen molar-refractivity contribution in [2.75, 3.05) is 13.6 Å². The molecular formula is C16H21FN2S. The third-order valence-corrected chi connectivity index (χ3v) is 4.57. The van der Waals surface area contributed by atoms with E-state index in [1.807, 2.05) is 6.07 Å². The number of rotatable bonds is 6. The molecule has 0 aliphatic rings. The predicted molar refractivity (Wildman–Crippen MR) is 83.3 cm³/mol. The first-order chi connectivity index (χ1) is 9.53. The summed E-state index contributed by atoms with van der Waals surface area (Å²) in [5.74, 6) is -0.192. The highest BCUT2D eigenvalue weighted by atomic mass is 32.1. The summed E-state index contributed by atoms with van der Waals surface area (Å²) < 4.78 is 13.3. The average molecular weight is 292 g/mol. The van der Waals surface area contributed by atoms with Crippen molar-refractivity contribution >= 4 is 11.3 Å². The van der Waals surface area contributed by atoms with Gasteiger partial charge in [0, 0.05) is 18.6 Å². The molecule has 0 radical (unpaired) electrons. The van der Waals surface area contributed by atoms with Crippen molar-refractivity contribution < 1.29 is 4.39 Å². The monoisotopic (exact) mass is 292 g/mol. The van der Waals surface area contributed by atoms with Crippen LogP contribution >= 0.6 is 11.3 Å². The zero-order valence-corrected chi connectivity index (χ0v) is 12.8. The van der Waals surface area contributed by atoms with E-state index in [0.29, 0.717) is 6.54 Å². The quantitative estimate of drug-likeness (QED) is 0.885. The lowest BCUT2D eigenvalue weighted by atomic mass is 9.91. The topological polar surface area (TPSA) is 29.3 Å². The molecule has 108 valence electrons. The van der Waals surface area contributed by atoms with Gasteiger partial charge in [0.15, 0.2) is 0 Å². The van der Waals surface area contributed by atoms with Crippen molar-refractivity contribution in [2.24, 2.45) is 5.73 Å². The van der Waals surface area contributed by atoms with E-state index in [4.69, 9.17) is 5.73 Å². The summed E-state index contributed by atoms with van der Waals surface area (Å²) in [6.07, 6.45) is 0.738. The largest absolute Gasteiger partial charge is 0.329 e. The Kier molecular flexibility index (Phi) is 4.91. The maximum atomic E-state index is 13.3. The molecule has 0 aliphatic carbocycles. The second-order valence-electron chi connectivity index (χ2n) is 5.50. The molecule has 2 rings (SSSR count). The Morgan fingerprint density at radius 3 is 2.70 bits per heavy atom. The third kappa shape index (κ3) is 3.66. The van der Waals surface area contributed by atoms with Crippen LogP contribution in [0.1, 0.15) is 18.1 Å². The molecule has 0 spiro atoms. The smallest absolute Gasteiger partial charge is 0.123 e. The highest BCUT2D eigenvalue weighted by Gasteiger charge is 2.28. The van der Waals surface area contributed by atoms with Crippen LogP contribution in [-0.2, 0) is 13.0 Å². The number of hydrogen-bond acceptors (Lipinski definition) is 3. The van der Waals surface area contributed by atoms with E-state index in [-0.39, 0.29) is 11.4 Å². The summed E-state index contributed by atoms with van der Waals surface area (Å²) in [5, 5.41) is 4.23. The lowest BCUT2D eigenvalue weighted by Crippen LogP contribution is -2.50. The molecule has 1 heterocycles. The molecule has 0 saturated heterocycles. The molecule has 20 heavy (non-hydrogen) atoms. The van der Waals surface area contributed by atoms with Crippen LogP contribution in [-0.4, -0.2) is 24.0 Å². The molecule has 1 unspecified atom stereocenters. The fraction of sp³-hybridized carbons (Fsp3) is 0.375. The highest BCUT2D eigenvalue weighted by Crippen LogP contribution is 2.22. The van der Waals surface area contributed by atoms with E-state index in [2.05, 4.69) is 35.7 Å². The number of benzene rings is 1. The number of nitrogens with two attached hydrogens (primary N) is 1. The first-order valence-corrected chi connectivity index (χ1v) is 7.64. The summed E-state index contributed by atoms with van der Waals surface area (Å²) in [5.41, 5.74) is 8.08. The molecule has 0 bridgehead atoms. The van der Waals surface area contributed by atoms with Crippen molar-refractivity contribution in [1.29, 1.82) is 0 Å². The Morgan fingerprint density at radius 2 is 2.10 bits per heavy atom. The maximum absolute atomic E-state index is 13.3. The number of thiophene rings is 1. The fourth-order valence-corrected chi connectivity index (χ4v) is 2.96. The highest BCUT2D eigenvalue weighted by molar-refractivity contribution is 7.07. The standard InChI is InChI=1S/C16H21FN2S/c1-16(12-18,9-13-4-3-5-15(17)8-13)19(2)10-14-6-7-20-11-14/h3-8,11H,9-10,12,18H2,1-2H3. The SMILES string of the molecule is CN(Cc1ccsc1)C(C)(CN)Cc1cccc(F)c1. The van der Waals surface area contributed by atoms with Gasteiger partial charge in [0.25, 0.3) is 0 Å². The number of hydrogen-bond donors (Lipinski definition) is 1.